The van der Waals surface area contributed by atoms with Crippen LogP contribution in [0.25, 0.3) is 10.9 Å². The third kappa shape index (κ3) is 2.89. The molecule has 0 spiro atoms. The van der Waals surface area contributed by atoms with Gasteiger partial charge >= 0.3 is 0 Å². The molecule has 1 atom stereocenters. The van der Waals surface area contributed by atoms with E-state index >= 15 is 0 Å². The summed E-state index contributed by atoms with van der Waals surface area (Å²) in [4.78, 5) is 3.26. The number of benzene rings is 1. The number of aromatic amines is 1. The maximum atomic E-state index is 6.22. The highest BCUT2D eigenvalue weighted by Gasteiger charge is 2.11. The molecule has 0 bridgehead atoms. The quantitative estimate of drug-likeness (QED) is 0.742. The van der Waals surface area contributed by atoms with Gasteiger partial charge < -0.3 is 16.5 Å². The minimum absolute atomic E-state index is 0.0876. The van der Waals surface area contributed by atoms with Gasteiger partial charge in [-0.2, -0.15) is 0 Å². The van der Waals surface area contributed by atoms with Crippen molar-refractivity contribution in [3.8, 4) is 0 Å². The van der Waals surface area contributed by atoms with Gasteiger partial charge in [0.25, 0.3) is 0 Å². The fraction of sp³-hybridized carbons (Fsp3) is 0.385. The van der Waals surface area contributed by atoms with Crippen molar-refractivity contribution in [1.82, 2.24) is 4.98 Å². The summed E-state index contributed by atoms with van der Waals surface area (Å²) in [6, 6.07) is 6.30. The van der Waals surface area contributed by atoms with Crippen LogP contribution in [0.5, 0.6) is 0 Å². The molecule has 0 radical (unpaired) electrons. The van der Waals surface area contributed by atoms with Crippen LogP contribution in [0.15, 0.2) is 28.9 Å². The number of aromatic nitrogens is 1. The van der Waals surface area contributed by atoms with Crippen LogP contribution in [0.4, 0.5) is 0 Å². The number of hydrogen-bond acceptors (Lipinski definition) is 2. The van der Waals surface area contributed by atoms with Gasteiger partial charge in [0, 0.05) is 27.6 Å². The SMILES string of the molecule is NCCCC[C@H](N)c1c[nH]c2ccc(Br)cc12. The molecule has 17 heavy (non-hydrogen) atoms. The highest BCUT2D eigenvalue weighted by Crippen LogP contribution is 2.28. The second-order valence-corrected chi connectivity index (χ2v) is 5.24. The lowest BCUT2D eigenvalue weighted by Gasteiger charge is -2.10. The van der Waals surface area contributed by atoms with Crippen molar-refractivity contribution >= 4 is 26.8 Å². The molecule has 92 valence electrons. The van der Waals surface area contributed by atoms with E-state index in [0.717, 1.165) is 35.8 Å². The van der Waals surface area contributed by atoms with Gasteiger partial charge in [0.1, 0.15) is 0 Å². The van der Waals surface area contributed by atoms with E-state index in [1.807, 2.05) is 12.3 Å². The molecule has 4 heteroatoms. The number of nitrogens with one attached hydrogen (secondary N) is 1. The fourth-order valence-electron chi connectivity index (χ4n) is 2.09. The van der Waals surface area contributed by atoms with Gasteiger partial charge in [0.05, 0.1) is 0 Å². The van der Waals surface area contributed by atoms with E-state index in [1.54, 1.807) is 0 Å². The number of hydrogen-bond donors (Lipinski definition) is 3. The molecular weight excluding hydrogens is 278 g/mol. The van der Waals surface area contributed by atoms with E-state index in [-0.39, 0.29) is 6.04 Å². The number of rotatable bonds is 5. The minimum Gasteiger partial charge on any atom is -0.361 e. The zero-order valence-electron chi connectivity index (χ0n) is 9.75. The summed E-state index contributed by atoms with van der Waals surface area (Å²) >= 11 is 3.49. The van der Waals surface area contributed by atoms with Crippen molar-refractivity contribution in [2.24, 2.45) is 11.5 Å². The summed E-state index contributed by atoms with van der Waals surface area (Å²) < 4.78 is 1.08. The largest absolute Gasteiger partial charge is 0.361 e. The smallest absolute Gasteiger partial charge is 0.0458 e. The summed E-state index contributed by atoms with van der Waals surface area (Å²) in [7, 11) is 0. The van der Waals surface area contributed by atoms with Crippen molar-refractivity contribution in [2.45, 2.75) is 25.3 Å². The first-order valence-electron chi connectivity index (χ1n) is 5.94. The summed E-state index contributed by atoms with van der Waals surface area (Å²) in [5.74, 6) is 0. The molecule has 0 amide bonds. The third-order valence-corrected chi connectivity index (χ3v) is 3.54. The Morgan fingerprint density at radius 2 is 2.12 bits per heavy atom. The Morgan fingerprint density at radius 1 is 1.29 bits per heavy atom. The molecule has 0 aliphatic rings. The Morgan fingerprint density at radius 3 is 2.88 bits per heavy atom. The third-order valence-electron chi connectivity index (χ3n) is 3.04. The van der Waals surface area contributed by atoms with Gasteiger partial charge in [0.2, 0.25) is 0 Å². The van der Waals surface area contributed by atoms with Gasteiger partial charge in [-0.1, -0.05) is 22.4 Å². The van der Waals surface area contributed by atoms with Gasteiger partial charge in [-0.15, -0.1) is 0 Å². The first-order valence-corrected chi connectivity index (χ1v) is 6.74. The van der Waals surface area contributed by atoms with E-state index in [2.05, 4.69) is 33.0 Å². The summed E-state index contributed by atoms with van der Waals surface area (Å²) in [5.41, 5.74) is 14.0. The van der Waals surface area contributed by atoms with Crippen LogP contribution in [0.2, 0.25) is 0 Å². The lowest BCUT2D eigenvalue weighted by atomic mass is 10.0. The van der Waals surface area contributed by atoms with E-state index in [4.69, 9.17) is 11.5 Å². The molecule has 0 unspecified atom stereocenters. The predicted octanol–water partition coefficient (Wildman–Crippen LogP) is 3.06. The summed E-state index contributed by atoms with van der Waals surface area (Å²) in [6.07, 6.45) is 5.12. The van der Waals surface area contributed by atoms with Gasteiger partial charge in [0.15, 0.2) is 0 Å². The van der Waals surface area contributed by atoms with E-state index < -0.39 is 0 Å². The average molecular weight is 296 g/mol. The molecule has 0 saturated carbocycles. The maximum Gasteiger partial charge on any atom is 0.0458 e. The lowest BCUT2D eigenvalue weighted by Crippen LogP contribution is -2.10. The molecule has 0 saturated heterocycles. The van der Waals surface area contributed by atoms with Crippen molar-refractivity contribution in [3.63, 3.8) is 0 Å². The van der Waals surface area contributed by atoms with Crippen molar-refractivity contribution in [2.75, 3.05) is 6.54 Å². The van der Waals surface area contributed by atoms with Crippen LogP contribution in [-0.4, -0.2) is 11.5 Å². The Balaban J connectivity index is 2.19. The zero-order valence-corrected chi connectivity index (χ0v) is 11.3. The summed E-state index contributed by atoms with van der Waals surface area (Å²) in [5, 5.41) is 1.21. The van der Waals surface area contributed by atoms with E-state index in [1.165, 1.54) is 10.9 Å². The highest BCUT2D eigenvalue weighted by molar-refractivity contribution is 9.10. The molecule has 1 aromatic carbocycles. The first kappa shape index (κ1) is 12.6. The first-order chi connectivity index (χ1) is 8.22. The standard InChI is InChI=1S/C13H18BrN3/c14-9-4-5-13-10(7-9)11(8-17-13)12(16)3-1-2-6-15/h4-5,7-8,12,17H,1-3,6,15-16H2/t12-/m0/s1. The number of halogens is 1. The van der Waals surface area contributed by atoms with Gasteiger partial charge in [-0.3, -0.25) is 0 Å². The Hall–Kier alpha value is -0.840. The van der Waals surface area contributed by atoms with E-state index in [0.29, 0.717) is 0 Å². The van der Waals surface area contributed by atoms with Crippen LogP contribution < -0.4 is 11.5 Å². The molecule has 2 aromatic rings. The predicted molar refractivity (Wildman–Crippen MR) is 75.8 cm³/mol. The molecular formula is C13H18BrN3. The minimum atomic E-state index is 0.0876. The van der Waals surface area contributed by atoms with Crippen LogP contribution in [0.1, 0.15) is 30.9 Å². The molecule has 0 aliphatic heterocycles. The highest BCUT2D eigenvalue weighted by atomic mass is 79.9. The Kier molecular flexibility index (Phi) is 4.20. The van der Waals surface area contributed by atoms with Crippen molar-refractivity contribution < 1.29 is 0 Å². The van der Waals surface area contributed by atoms with Gasteiger partial charge in [-0.25, -0.2) is 0 Å². The van der Waals surface area contributed by atoms with Crippen LogP contribution in [-0.2, 0) is 0 Å². The van der Waals surface area contributed by atoms with Crippen LogP contribution in [0, 0.1) is 0 Å². The van der Waals surface area contributed by atoms with Gasteiger partial charge in [-0.05, 0) is 43.1 Å². The number of unbranched alkanes of at least 4 members (excludes halogenated alkanes) is 1. The molecule has 2 rings (SSSR count). The molecule has 3 nitrogen and oxygen atoms in total. The normalized spacial score (nSPS) is 13.1. The number of nitrogens with two attached hydrogens (primary N) is 2. The molecule has 0 aliphatic carbocycles. The monoisotopic (exact) mass is 295 g/mol. The van der Waals surface area contributed by atoms with Crippen LogP contribution in [0.3, 0.4) is 0 Å². The summed E-state index contributed by atoms with van der Waals surface area (Å²) in [6.45, 7) is 0.742. The van der Waals surface area contributed by atoms with Crippen molar-refractivity contribution in [3.05, 3.63) is 34.4 Å². The van der Waals surface area contributed by atoms with E-state index in [9.17, 15) is 0 Å². The number of H-pyrrole nitrogens is 1. The molecule has 1 aromatic heterocycles. The van der Waals surface area contributed by atoms with Crippen LogP contribution >= 0.6 is 15.9 Å². The zero-order chi connectivity index (χ0) is 12.3. The van der Waals surface area contributed by atoms with Crippen molar-refractivity contribution in [1.29, 1.82) is 0 Å². The molecule has 0 fully saturated rings. The maximum absolute atomic E-state index is 6.22. The molecule has 1 heterocycles. The lowest BCUT2D eigenvalue weighted by molar-refractivity contribution is 0.594. The second kappa shape index (κ2) is 5.67. The Labute approximate surface area is 110 Å². The fourth-order valence-corrected chi connectivity index (χ4v) is 2.45. The molecule has 5 N–H and O–H groups in total. The topological polar surface area (TPSA) is 67.8 Å². The second-order valence-electron chi connectivity index (χ2n) is 4.32. The Bertz CT molecular complexity index is 492. The average Bonchev–Trinajstić information content (AvgIpc) is 2.72. The number of fused-ring (bicyclic) bond motifs is 1.